The van der Waals surface area contributed by atoms with Crippen molar-refractivity contribution in [3.8, 4) is 5.75 Å². The molecule has 3 N–H and O–H groups in total. The van der Waals surface area contributed by atoms with Gasteiger partial charge in [0.05, 0.1) is 12.7 Å². The molecule has 2 atom stereocenters. The molecule has 96 valence electrons. The number of hydrogen-bond acceptors (Lipinski definition) is 3. The van der Waals surface area contributed by atoms with Gasteiger partial charge in [0.2, 0.25) is 0 Å². The van der Waals surface area contributed by atoms with E-state index < -0.39 is 6.10 Å². The van der Waals surface area contributed by atoms with Crippen LogP contribution < -0.4 is 0 Å². The van der Waals surface area contributed by atoms with E-state index in [0.29, 0.717) is 6.42 Å². The average molecular weight is 238 g/mol. The van der Waals surface area contributed by atoms with Crippen LogP contribution in [0.15, 0.2) is 12.1 Å². The van der Waals surface area contributed by atoms with Crippen molar-refractivity contribution in [2.45, 2.75) is 45.6 Å². The molecule has 3 nitrogen and oxygen atoms in total. The van der Waals surface area contributed by atoms with Crippen LogP contribution in [0, 0.1) is 13.8 Å². The summed E-state index contributed by atoms with van der Waals surface area (Å²) in [4.78, 5) is 0. The second-order valence-electron chi connectivity index (χ2n) is 4.67. The van der Waals surface area contributed by atoms with Gasteiger partial charge in [0.25, 0.3) is 0 Å². The van der Waals surface area contributed by atoms with Gasteiger partial charge in [0, 0.05) is 0 Å². The van der Waals surface area contributed by atoms with Gasteiger partial charge in [-0.1, -0.05) is 6.92 Å². The smallest absolute Gasteiger partial charge is 0.116 e. The van der Waals surface area contributed by atoms with E-state index in [9.17, 15) is 10.2 Å². The number of aliphatic hydroxyl groups is 2. The highest BCUT2D eigenvalue weighted by Gasteiger charge is 2.18. The first-order valence-electron chi connectivity index (χ1n) is 6.08. The largest absolute Gasteiger partial charge is 0.508 e. The number of phenolic OH excluding ortho intramolecular Hbond substituents is 1. The van der Waals surface area contributed by atoms with E-state index >= 15 is 0 Å². The van der Waals surface area contributed by atoms with Crippen molar-refractivity contribution in [1.82, 2.24) is 0 Å². The first-order valence-corrected chi connectivity index (χ1v) is 6.08. The fourth-order valence-corrected chi connectivity index (χ4v) is 2.49. The van der Waals surface area contributed by atoms with Crippen LogP contribution in [0.1, 0.15) is 42.4 Å². The van der Waals surface area contributed by atoms with Gasteiger partial charge in [-0.15, -0.1) is 0 Å². The summed E-state index contributed by atoms with van der Waals surface area (Å²) < 4.78 is 0. The number of hydrogen-bond donors (Lipinski definition) is 3. The lowest BCUT2D eigenvalue weighted by Crippen LogP contribution is -2.17. The Hall–Kier alpha value is -1.06. The number of aryl methyl sites for hydroxylation is 2. The molecular formula is C14H22O3. The molecule has 0 aliphatic carbocycles. The third kappa shape index (κ3) is 3.45. The Morgan fingerprint density at radius 2 is 1.71 bits per heavy atom. The van der Waals surface area contributed by atoms with Gasteiger partial charge in [0.15, 0.2) is 0 Å². The van der Waals surface area contributed by atoms with E-state index in [1.807, 2.05) is 13.8 Å². The number of benzene rings is 1. The molecule has 0 saturated carbocycles. The van der Waals surface area contributed by atoms with Gasteiger partial charge in [-0.3, -0.25) is 0 Å². The van der Waals surface area contributed by atoms with E-state index in [1.54, 1.807) is 12.1 Å². The van der Waals surface area contributed by atoms with E-state index in [2.05, 4.69) is 6.92 Å². The Bertz CT molecular complexity index is 351. The van der Waals surface area contributed by atoms with E-state index in [1.165, 1.54) is 5.56 Å². The van der Waals surface area contributed by atoms with E-state index in [4.69, 9.17) is 5.11 Å². The number of phenols is 1. The second kappa shape index (κ2) is 6.03. The maximum Gasteiger partial charge on any atom is 0.116 e. The van der Waals surface area contributed by atoms with Crippen LogP contribution >= 0.6 is 0 Å². The average Bonchev–Trinajstić information content (AvgIpc) is 2.25. The first kappa shape index (κ1) is 14.0. The minimum atomic E-state index is -0.674. The second-order valence-corrected chi connectivity index (χ2v) is 4.67. The van der Waals surface area contributed by atoms with Gasteiger partial charge in [-0.2, -0.15) is 0 Å². The number of rotatable bonds is 5. The van der Waals surface area contributed by atoms with Crippen LogP contribution in [0.2, 0.25) is 0 Å². The zero-order valence-corrected chi connectivity index (χ0v) is 10.8. The highest BCUT2D eigenvalue weighted by molar-refractivity contribution is 5.42. The summed E-state index contributed by atoms with van der Waals surface area (Å²) in [5.41, 5.74) is 3.26. The number of aromatic hydroxyl groups is 1. The molecule has 0 fully saturated rings. The van der Waals surface area contributed by atoms with E-state index in [-0.39, 0.29) is 18.3 Å². The molecule has 1 rings (SSSR count). The molecule has 1 aromatic rings. The normalized spacial score (nSPS) is 14.6. The van der Waals surface area contributed by atoms with Gasteiger partial charge in [0.1, 0.15) is 5.75 Å². The molecule has 0 spiro atoms. The third-order valence-corrected chi connectivity index (χ3v) is 3.25. The Balaban J connectivity index is 3.03. The van der Waals surface area contributed by atoms with Crippen LogP contribution in [0.3, 0.4) is 0 Å². The number of aliphatic hydroxyl groups excluding tert-OH is 2. The molecule has 0 aliphatic heterocycles. The molecular weight excluding hydrogens is 216 g/mol. The zero-order valence-electron chi connectivity index (χ0n) is 10.8. The Kier molecular flexibility index (Phi) is 4.97. The minimum absolute atomic E-state index is 0.202. The van der Waals surface area contributed by atoms with Crippen molar-refractivity contribution in [3.05, 3.63) is 28.8 Å². The predicted molar refractivity (Wildman–Crippen MR) is 68.3 cm³/mol. The molecule has 0 saturated heterocycles. The fourth-order valence-electron chi connectivity index (χ4n) is 2.49. The van der Waals surface area contributed by atoms with E-state index in [0.717, 1.165) is 17.5 Å². The fraction of sp³-hybridized carbons (Fsp3) is 0.571. The van der Waals surface area contributed by atoms with Crippen LogP contribution in [0.4, 0.5) is 0 Å². The Morgan fingerprint density at radius 1 is 1.18 bits per heavy atom. The molecule has 0 aliphatic rings. The molecule has 0 heterocycles. The van der Waals surface area contributed by atoms with Crippen LogP contribution in [-0.4, -0.2) is 28.0 Å². The lowest BCUT2D eigenvalue weighted by molar-refractivity contribution is 0.0816. The maximum atomic E-state index is 9.56. The van der Waals surface area contributed by atoms with Crippen molar-refractivity contribution in [1.29, 1.82) is 0 Å². The summed E-state index contributed by atoms with van der Waals surface area (Å²) in [6, 6.07) is 3.49. The molecule has 0 radical (unpaired) electrons. The Morgan fingerprint density at radius 3 is 2.12 bits per heavy atom. The quantitative estimate of drug-likeness (QED) is 0.737. The third-order valence-electron chi connectivity index (χ3n) is 3.25. The van der Waals surface area contributed by atoms with Crippen molar-refractivity contribution in [3.63, 3.8) is 0 Å². The summed E-state index contributed by atoms with van der Waals surface area (Å²) >= 11 is 0. The zero-order chi connectivity index (χ0) is 13.0. The monoisotopic (exact) mass is 238 g/mol. The van der Waals surface area contributed by atoms with Gasteiger partial charge < -0.3 is 15.3 Å². The minimum Gasteiger partial charge on any atom is -0.508 e. The standard InChI is InChI=1S/C14H22O3/c1-4-11(7-13(17)8-15)14-9(2)5-12(16)6-10(14)3/h5-6,11,13,15-17H,4,7-8H2,1-3H3. The Labute approximate surface area is 103 Å². The lowest BCUT2D eigenvalue weighted by Gasteiger charge is -2.22. The molecule has 0 bridgehead atoms. The highest BCUT2D eigenvalue weighted by atomic mass is 16.3. The van der Waals surface area contributed by atoms with Crippen LogP contribution in [0.5, 0.6) is 5.75 Å². The summed E-state index contributed by atoms with van der Waals surface area (Å²) in [7, 11) is 0. The summed E-state index contributed by atoms with van der Waals surface area (Å²) in [5, 5.41) is 28.0. The van der Waals surface area contributed by atoms with Crippen molar-refractivity contribution < 1.29 is 15.3 Å². The SMILES string of the molecule is CCC(CC(O)CO)c1c(C)cc(O)cc1C. The van der Waals surface area contributed by atoms with Crippen LogP contribution in [-0.2, 0) is 0 Å². The molecule has 2 unspecified atom stereocenters. The molecule has 0 amide bonds. The van der Waals surface area contributed by atoms with Crippen molar-refractivity contribution in [2.24, 2.45) is 0 Å². The van der Waals surface area contributed by atoms with Gasteiger partial charge in [-0.05, 0) is 61.4 Å². The summed E-state index contributed by atoms with van der Waals surface area (Å²) in [6.07, 6.45) is 0.788. The summed E-state index contributed by atoms with van der Waals surface area (Å²) in [6.45, 7) is 5.80. The lowest BCUT2D eigenvalue weighted by atomic mass is 9.85. The first-order chi connectivity index (χ1) is 7.99. The van der Waals surface area contributed by atoms with Crippen LogP contribution in [0.25, 0.3) is 0 Å². The molecule has 3 heteroatoms. The molecule has 17 heavy (non-hydrogen) atoms. The maximum absolute atomic E-state index is 9.56. The molecule has 0 aromatic heterocycles. The topological polar surface area (TPSA) is 60.7 Å². The molecule has 1 aromatic carbocycles. The van der Waals surface area contributed by atoms with Gasteiger partial charge >= 0.3 is 0 Å². The van der Waals surface area contributed by atoms with Gasteiger partial charge in [-0.25, -0.2) is 0 Å². The van der Waals surface area contributed by atoms with Crippen molar-refractivity contribution >= 4 is 0 Å². The van der Waals surface area contributed by atoms with Crippen molar-refractivity contribution in [2.75, 3.05) is 6.61 Å². The highest BCUT2D eigenvalue weighted by Crippen LogP contribution is 2.32. The predicted octanol–water partition coefficient (Wildman–Crippen LogP) is 2.25. The summed E-state index contributed by atoms with van der Waals surface area (Å²) in [5.74, 6) is 0.499.